The molecule has 0 aliphatic carbocycles. The number of benzene rings is 1. The number of rotatable bonds is 2. The van der Waals surface area contributed by atoms with Gasteiger partial charge in [-0.25, -0.2) is 0 Å². The van der Waals surface area contributed by atoms with E-state index >= 15 is 0 Å². The average molecular weight is 191 g/mol. The number of aryl methyl sites for hydroxylation is 1. The molecule has 1 heterocycles. The van der Waals surface area contributed by atoms with Gasteiger partial charge in [-0.1, -0.05) is 0 Å². The largest absolute Gasteiger partial charge is 0.399 e. The predicted octanol–water partition coefficient (Wildman–Crippen LogP) is 1.35. The summed E-state index contributed by atoms with van der Waals surface area (Å²) < 4.78 is 0. The molecule has 4 N–H and O–H groups in total. The zero-order valence-electron chi connectivity index (χ0n) is 8.51. The first kappa shape index (κ1) is 9.34. The van der Waals surface area contributed by atoms with Crippen molar-refractivity contribution in [2.45, 2.75) is 19.4 Å². The summed E-state index contributed by atoms with van der Waals surface area (Å²) >= 11 is 0. The summed E-state index contributed by atoms with van der Waals surface area (Å²) in [7, 11) is 0. The molecule has 0 bridgehead atoms. The van der Waals surface area contributed by atoms with E-state index in [4.69, 9.17) is 5.73 Å². The Kier molecular flexibility index (Phi) is 2.59. The predicted molar refractivity (Wildman–Crippen MR) is 60.5 cm³/mol. The van der Waals surface area contributed by atoms with Crippen LogP contribution in [0.25, 0.3) is 0 Å². The zero-order valence-corrected chi connectivity index (χ0v) is 8.51. The fourth-order valence-corrected chi connectivity index (χ4v) is 1.78. The van der Waals surface area contributed by atoms with Crippen molar-refractivity contribution in [1.82, 2.24) is 5.32 Å². The summed E-state index contributed by atoms with van der Waals surface area (Å²) in [5, 5.41) is 6.82. The molecule has 0 radical (unpaired) electrons. The molecule has 1 unspecified atom stereocenters. The van der Waals surface area contributed by atoms with Crippen LogP contribution >= 0.6 is 0 Å². The van der Waals surface area contributed by atoms with Gasteiger partial charge in [-0.3, -0.25) is 0 Å². The van der Waals surface area contributed by atoms with E-state index in [-0.39, 0.29) is 0 Å². The molecule has 14 heavy (non-hydrogen) atoms. The van der Waals surface area contributed by atoms with Gasteiger partial charge in [-0.2, -0.15) is 0 Å². The number of hydrogen-bond donors (Lipinski definition) is 3. The Balaban J connectivity index is 2.05. The molecule has 1 aromatic carbocycles. The van der Waals surface area contributed by atoms with Crippen molar-refractivity contribution >= 4 is 11.4 Å². The van der Waals surface area contributed by atoms with E-state index in [9.17, 15) is 0 Å². The molecule has 1 saturated heterocycles. The molecule has 3 nitrogen and oxygen atoms in total. The lowest BCUT2D eigenvalue weighted by Crippen LogP contribution is -2.22. The third-order valence-electron chi connectivity index (χ3n) is 2.70. The number of anilines is 2. The fourth-order valence-electron chi connectivity index (χ4n) is 1.78. The van der Waals surface area contributed by atoms with Crippen molar-refractivity contribution in [3.8, 4) is 0 Å². The maximum Gasteiger partial charge on any atom is 0.0398 e. The highest BCUT2D eigenvalue weighted by molar-refractivity contribution is 5.57. The van der Waals surface area contributed by atoms with Gasteiger partial charge in [0.15, 0.2) is 0 Å². The van der Waals surface area contributed by atoms with Crippen LogP contribution in [-0.4, -0.2) is 19.1 Å². The quantitative estimate of drug-likeness (QED) is 0.618. The standard InChI is InChI=1S/C11H17N3/c1-8-6-9(2-3-11(8)12)14-10-4-5-13-7-10/h2-3,6,10,13-14H,4-5,7,12H2,1H3. The van der Waals surface area contributed by atoms with Gasteiger partial charge >= 0.3 is 0 Å². The van der Waals surface area contributed by atoms with Crippen molar-refractivity contribution < 1.29 is 0 Å². The van der Waals surface area contributed by atoms with E-state index < -0.39 is 0 Å². The molecular formula is C11H17N3. The summed E-state index contributed by atoms with van der Waals surface area (Å²) in [5.74, 6) is 0. The smallest absolute Gasteiger partial charge is 0.0398 e. The van der Waals surface area contributed by atoms with Gasteiger partial charge in [-0.15, -0.1) is 0 Å². The van der Waals surface area contributed by atoms with Crippen molar-refractivity contribution in [3.05, 3.63) is 23.8 Å². The molecule has 0 spiro atoms. The summed E-state index contributed by atoms with van der Waals surface area (Å²) in [6, 6.07) is 6.67. The minimum atomic E-state index is 0.568. The van der Waals surface area contributed by atoms with Gasteiger partial charge in [0.2, 0.25) is 0 Å². The molecule has 0 amide bonds. The van der Waals surface area contributed by atoms with Crippen LogP contribution in [0.1, 0.15) is 12.0 Å². The Hall–Kier alpha value is -1.22. The van der Waals surface area contributed by atoms with Gasteiger partial charge in [0.05, 0.1) is 0 Å². The number of hydrogen-bond acceptors (Lipinski definition) is 3. The third kappa shape index (κ3) is 1.99. The summed E-state index contributed by atoms with van der Waals surface area (Å²) in [4.78, 5) is 0. The fraction of sp³-hybridized carbons (Fsp3) is 0.455. The maximum absolute atomic E-state index is 5.76. The van der Waals surface area contributed by atoms with Gasteiger partial charge in [-0.05, 0) is 43.7 Å². The van der Waals surface area contributed by atoms with Crippen LogP contribution in [0.3, 0.4) is 0 Å². The Morgan fingerprint density at radius 3 is 3.00 bits per heavy atom. The molecule has 1 fully saturated rings. The van der Waals surface area contributed by atoms with Gasteiger partial charge in [0.1, 0.15) is 0 Å². The number of nitrogen functional groups attached to an aromatic ring is 1. The average Bonchev–Trinajstić information content (AvgIpc) is 2.64. The highest BCUT2D eigenvalue weighted by Crippen LogP contribution is 2.18. The maximum atomic E-state index is 5.76. The molecule has 1 aliphatic heterocycles. The van der Waals surface area contributed by atoms with E-state index in [0.29, 0.717) is 6.04 Å². The SMILES string of the molecule is Cc1cc(NC2CCNC2)ccc1N. The Bertz CT molecular complexity index is 316. The van der Waals surface area contributed by atoms with Crippen molar-refractivity contribution in [2.24, 2.45) is 0 Å². The first-order valence-electron chi connectivity index (χ1n) is 5.09. The summed E-state index contributed by atoms with van der Waals surface area (Å²) in [5.41, 5.74) is 8.93. The minimum absolute atomic E-state index is 0.568. The highest BCUT2D eigenvalue weighted by Gasteiger charge is 2.13. The van der Waals surface area contributed by atoms with E-state index in [1.54, 1.807) is 0 Å². The molecule has 1 atom stereocenters. The lowest BCUT2D eigenvalue weighted by molar-refractivity contribution is 0.793. The van der Waals surface area contributed by atoms with Crippen LogP contribution in [0.5, 0.6) is 0 Å². The molecule has 1 aromatic rings. The van der Waals surface area contributed by atoms with Crippen LogP contribution in [0.4, 0.5) is 11.4 Å². The Labute approximate surface area is 84.7 Å². The van der Waals surface area contributed by atoms with Crippen LogP contribution in [0.15, 0.2) is 18.2 Å². The van der Waals surface area contributed by atoms with Gasteiger partial charge in [0.25, 0.3) is 0 Å². The monoisotopic (exact) mass is 191 g/mol. The second kappa shape index (κ2) is 3.88. The first-order chi connectivity index (χ1) is 6.75. The highest BCUT2D eigenvalue weighted by atomic mass is 15.0. The van der Waals surface area contributed by atoms with Crippen molar-refractivity contribution in [2.75, 3.05) is 24.1 Å². The normalized spacial score (nSPS) is 21.1. The van der Waals surface area contributed by atoms with E-state index in [0.717, 1.165) is 24.3 Å². The number of nitrogens with one attached hydrogen (secondary N) is 2. The second-order valence-electron chi connectivity index (χ2n) is 3.91. The first-order valence-corrected chi connectivity index (χ1v) is 5.09. The molecule has 76 valence electrons. The molecule has 0 saturated carbocycles. The molecular weight excluding hydrogens is 174 g/mol. The van der Waals surface area contributed by atoms with Crippen molar-refractivity contribution in [3.63, 3.8) is 0 Å². The molecule has 2 rings (SSSR count). The van der Waals surface area contributed by atoms with Crippen LogP contribution in [0, 0.1) is 6.92 Å². The van der Waals surface area contributed by atoms with E-state index in [2.05, 4.69) is 16.7 Å². The van der Waals surface area contributed by atoms with Crippen LogP contribution in [0.2, 0.25) is 0 Å². The summed E-state index contributed by atoms with van der Waals surface area (Å²) in [6.45, 7) is 4.21. The van der Waals surface area contributed by atoms with Crippen LogP contribution < -0.4 is 16.4 Å². The lowest BCUT2D eigenvalue weighted by atomic mass is 10.1. The molecule has 3 heteroatoms. The topological polar surface area (TPSA) is 50.1 Å². The van der Waals surface area contributed by atoms with E-state index in [1.807, 2.05) is 19.1 Å². The summed E-state index contributed by atoms with van der Waals surface area (Å²) in [6.07, 6.45) is 1.20. The Morgan fingerprint density at radius 1 is 1.50 bits per heavy atom. The molecule has 1 aliphatic rings. The van der Waals surface area contributed by atoms with Crippen LogP contribution in [-0.2, 0) is 0 Å². The van der Waals surface area contributed by atoms with Crippen molar-refractivity contribution in [1.29, 1.82) is 0 Å². The Morgan fingerprint density at radius 2 is 2.36 bits per heavy atom. The van der Waals surface area contributed by atoms with Gasteiger partial charge in [0, 0.05) is 24.0 Å². The molecule has 0 aromatic heterocycles. The van der Waals surface area contributed by atoms with E-state index in [1.165, 1.54) is 12.1 Å². The third-order valence-corrected chi connectivity index (χ3v) is 2.70. The lowest BCUT2D eigenvalue weighted by Gasteiger charge is -2.13. The second-order valence-corrected chi connectivity index (χ2v) is 3.91. The minimum Gasteiger partial charge on any atom is -0.399 e. The number of nitrogens with two attached hydrogens (primary N) is 1. The zero-order chi connectivity index (χ0) is 9.97. The van der Waals surface area contributed by atoms with Gasteiger partial charge < -0.3 is 16.4 Å².